The fraction of sp³-hybridized carbons (Fsp3) is 0.533. The zero-order valence-corrected chi connectivity index (χ0v) is 12.8. The molecule has 2 N–H and O–H groups in total. The van der Waals surface area contributed by atoms with Crippen LogP contribution in [0.1, 0.15) is 33.6 Å². The summed E-state index contributed by atoms with van der Waals surface area (Å²) in [6.07, 6.45) is 2.45. The third-order valence-corrected chi connectivity index (χ3v) is 4.77. The molecule has 4 heteroatoms. The Balaban J connectivity index is 2.25. The van der Waals surface area contributed by atoms with Crippen LogP contribution in [0.3, 0.4) is 0 Å². The van der Waals surface area contributed by atoms with Gasteiger partial charge in [-0.25, -0.2) is 4.98 Å². The molecule has 0 saturated heterocycles. The number of nitrogen functional groups attached to an aromatic ring is 1. The second-order valence-electron chi connectivity index (χ2n) is 4.94. The number of rotatable bonds is 6. The van der Waals surface area contributed by atoms with Gasteiger partial charge >= 0.3 is 0 Å². The number of nitrogens with zero attached hydrogens (tertiary/aromatic N) is 2. The Kier molecular flexibility index (Phi) is 4.64. The van der Waals surface area contributed by atoms with Crippen molar-refractivity contribution in [1.29, 1.82) is 0 Å². The summed E-state index contributed by atoms with van der Waals surface area (Å²) in [4.78, 5) is 7.12. The van der Waals surface area contributed by atoms with E-state index in [1.54, 1.807) is 11.3 Å². The fourth-order valence-electron chi connectivity index (χ4n) is 2.27. The first-order valence-electron chi connectivity index (χ1n) is 7.08. The fourth-order valence-corrected chi connectivity index (χ4v) is 3.35. The number of hydrogen-bond donors (Lipinski definition) is 1. The quantitative estimate of drug-likeness (QED) is 0.807. The Morgan fingerprint density at radius 3 is 2.63 bits per heavy atom. The molecule has 2 aromatic rings. The van der Waals surface area contributed by atoms with E-state index in [4.69, 9.17) is 10.7 Å². The van der Waals surface area contributed by atoms with Gasteiger partial charge in [0.2, 0.25) is 0 Å². The summed E-state index contributed by atoms with van der Waals surface area (Å²) < 4.78 is 1.18. The lowest BCUT2D eigenvalue weighted by atomic mass is 10.0. The number of nitrogens with two attached hydrogens (primary N) is 1. The maximum atomic E-state index is 5.83. The van der Waals surface area contributed by atoms with Crippen LogP contribution in [0.4, 0.5) is 10.8 Å². The second kappa shape index (κ2) is 6.24. The third-order valence-electron chi connectivity index (χ3n) is 3.69. The van der Waals surface area contributed by atoms with Gasteiger partial charge in [0.05, 0.1) is 10.2 Å². The molecule has 0 radical (unpaired) electrons. The highest BCUT2D eigenvalue weighted by atomic mass is 32.1. The molecule has 1 aromatic heterocycles. The number of hydrogen-bond acceptors (Lipinski definition) is 4. The smallest absolute Gasteiger partial charge is 0.186 e. The van der Waals surface area contributed by atoms with Crippen molar-refractivity contribution in [2.75, 3.05) is 23.7 Å². The van der Waals surface area contributed by atoms with Crippen molar-refractivity contribution < 1.29 is 0 Å². The number of fused-ring (bicyclic) bond motifs is 1. The largest absolute Gasteiger partial charge is 0.399 e. The Morgan fingerprint density at radius 1 is 1.26 bits per heavy atom. The molecule has 104 valence electrons. The van der Waals surface area contributed by atoms with Crippen LogP contribution in [-0.4, -0.2) is 18.1 Å². The highest BCUT2D eigenvalue weighted by molar-refractivity contribution is 7.22. The molecule has 0 aliphatic carbocycles. The van der Waals surface area contributed by atoms with E-state index < -0.39 is 0 Å². The highest BCUT2D eigenvalue weighted by Crippen LogP contribution is 2.30. The number of benzene rings is 1. The van der Waals surface area contributed by atoms with Crippen LogP contribution in [0.2, 0.25) is 0 Å². The first-order valence-corrected chi connectivity index (χ1v) is 7.90. The first-order chi connectivity index (χ1) is 9.17. The average molecular weight is 277 g/mol. The number of anilines is 2. The van der Waals surface area contributed by atoms with Crippen LogP contribution in [0.25, 0.3) is 10.2 Å². The van der Waals surface area contributed by atoms with Gasteiger partial charge in [-0.15, -0.1) is 0 Å². The molecule has 0 fully saturated rings. The summed E-state index contributed by atoms with van der Waals surface area (Å²) in [6, 6.07) is 5.94. The zero-order chi connectivity index (χ0) is 13.8. The first kappa shape index (κ1) is 14.1. The molecule has 3 nitrogen and oxygen atoms in total. The van der Waals surface area contributed by atoms with Gasteiger partial charge in [-0.2, -0.15) is 0 Å². The van der Waals surface area contributed by atoms with Crippen molar-refractivity contribution in [2.24, 2.45) is 5.92 Å². The minimum Gasteiger partial charge on any atom is -0.399 e. The van der Waals surface area contributed by atoms with Gasteiger partial charge in [0, 0.05) is 18.8 Å². The molecule has 0 aliphatic rings. The van der Waals surface area contributed by atoms with E-state index in [1.807, 2.05) is 18.2 Å². The van der Waals surface area contributed by atoms with Gasteiger partial charge in [-0.1, -0.05) is 38.0 Å². The lowest BCUT2D eigenvalue weighted by Gasteiger charge is -2.24. The standard InChI is InChI=1S/C15H23N3S/c1-4-11(5-2)10-18(6-3)15-17-13-8-7-12(16)9-14(13)19-15/h7-9,11H,4-6,10,16H2,1-3H3. The van der Waals surface area contributed by atoms with Gasteiger partial charge in [0.15, 0.2) is 5.13 Å². The minimum atomic E-state index is 0.747. The molecule has 19 heavy (non-hydrogen) atoms. The van der Waals surface area contributed by atoms with Crippen LogP contribution in [0, 0.1) is 5.92 Å². The molecule has 0 bridgehead atoms. The lowest BCUT2D eigenvalue weighted by molar-refractivity contribution is 0.486. The van der Waals surface area contributed by atoms with Crippen molar-refractivity contribution >= 4 is 32.4 Å². The summed E-state index contributed by atoms with van der Waals surface area (Å²) in [5.41, 5.74) is 7.69. The van der Waals surface area contributed by atoms with Crippen LogP contribution in [0.15, 0.2) is 18.2 Å². The highest BCUT2D eigenvalue weighted by Gasteiger charge is 2.14. The molecule has 0 unspecified atom stereocenters. The molecule has 0 aliphatic heterocycles. The second-order valence-corrected chi connectivity index (χ2v) is 5.95. The Hall–Kier alpha value is -1.29. The summed E-state index contributed by atoms with van der Waals surface area (Å²) in [6.45, 7) is 8.83. The van der Waals surface area contributed by atoms with Gasteiger partial charge in [0.25, 0.3) is 0 Å². The summed E-state index contributed by atoms with van der Waals surface area (Å²) in [7, 11) is 0. The van der Waals surface area contributed by atoms with Crippen LogP contribution < -0.4 is 10.6 Å². The maximum Gasteiger partial charge on any atom is 0.186 e. The predicted octanol–water partition coefficient (Wildman–Crippen LogP) is 4.14. The topological polar surface area (TPSA) is 42.2 Å². The predicted molar refractivity (Wildman–Crippen MR) is 86.0 cm³/mol. The van der Waals surface area contributed by atoms with Crippen molar-refractivity contribution in [3.05, 3.63) is 18.2 Å². The number of aromatic nitrogens is 1. The van der Waals surface area contributed by atoms with E-state index in [2.05, 4.69) is 25.7 Å². The van der Waals surface area contributed by atoms with Gasteiger partial charge in [-0.05, 0) is 31.0 Å². The Labute approximate surface area is 119 Å². The van der Waals surface area contributed by atoms with E-state index in [0.717, 1.165) is 35.3 Å². The zero-order valence-electron chi connectivity index (χ0n) is 12.0. The lowest BCUT2D eigenvalue weighted by Crippen LogP contribution is -2.28. The summed E-state index contributed by atoms with van der Waals surface area (Å²) in [5.74, 6) is 0.747. The van der Waals surface area contributed by atoms with Crippen molar-refractivity contribution in [3.8, 4) is 0 Å². The van der Waals surface area contributed by atoms with Gasteiger partial charge < -0.3 is 10.6 Å². The van der Waals surface area contributed by atoms with Crippen LogP contribution in [-0.2, 0) is 0 Å². The van der Waals surface area contributed by atoms with Gasteiger partial charge in [0.1, 0.15) is 0 Å². The van der Waals surface area contributed by atoms with E-state index in [-0.39, 0.29) is 0 Å². The average Bonchev–Trinajstić information content (AvgIpc) is 2.83. The normalized spacial score (nSPS) is 11.4. The van der Waals surface area contributed by atoms with Crippen LogP contribution in [0.5, 0.6) is 0 Å². The molecule has 0 spiro atoms. The Bertz CT molecular complexity index is 531. The minimum absolute atomic E-state index is 0.747. The molecule has 0 amide bonds. The molecule has 0 atom stereocenters. The van der Waals surface area contributed by atoms with Gasteiger partial charge in [-0.3, -0.25) is 0 Å². The van der Waals surface area contributed by atoms with E-state index in [9.17, 15) is 0 Å². The van der Waals surface area contributed by atoms with Crippen molar-refractivity contribution in [2.45, 2.75) is 33.6 Å². The van der Waals surface area contributed by atoms with E-state index >= 15 is 0 Å². The summed E-state index contributed by atoms with van der Waals surface area (Å²) in [5, 5.41) is 1.12. The summed E-state index contributed by atoms with van der Waals surface area (Å²) >= 11 is 1.74. The van der Waals surface area contributed by atoms with Crippen LogP contribution >= 0.6 is 11.3 Å². The monoisotopic (exact) mass is 277 g/mol. The van der Waals surface area contributed by atoms with E-state index in [1.165, 1.54) is 17.5 Å². The van der Waals surface area contributed by atoms with Crippen molar-refractivity contribution in [1.82, 2.24) is 4.98 Å². The molecule has 1 aromatic carbocycles. The molecular formula is C15H23N3S. The SMILES string of the molecule is CCC(CC)CN(CC)c1nc2ccc(N)cc2s1. The molecule has 0 saturated carbocycles. The van der Waals surface area contributed by atoms with Crippen molar-refractivity contribution in [3.63, 3.8) is 0 Å². The molecule has 2 rings (SSSR count). The maximum absolute atomic E-state index is 5.83. The molecular weight excluding hydrogens is 254 g/mol. The van der Waals surface area contributed by atoms with E-state index in [0.29, 0.717) is 0 Å². The molecule has 1 heterocycles. The number of thiazole rings is 1. The Morgan fingerprint density at radius 2 is 2.00 bits per heavy atom. The third kappa shape index (κ3) is 3.18.